The molecule has 3 rings (SSSR count). The standard InChI is InChI=1S/C13H15N/c1-10-5-4-8-14-12-7-3-2-6-11(12)9-13(10)14/h2-3,6-7,9-10H,4-5,8H2,1H3. The summed E-state index contributed by atoms with van der Waals surface area (Å²) in [5.74, 6) is 0.733. The molecule has 0 fully saturated rings. The summed E-state index contributed by atoms with van der Waals surface area (Å²) in [6, 6.07) is 11.1. The molecule has 1 aromatic heterocycles. The smallest absolute Gasteiger partial charge is 0.0482 e. The average Bonchev–Trinajstić information content (AvgIpc) is 2.59. The summed E-state index contributed by atoms with van der Waals surface area (Å²) in [6.45, 7) is 3.54. The van der Waals surface area contributed by atoms with Gasteiger partial charge in [0.2, 0.25) is 0 Å². The number of fused-ring (bicyclic) bond motifs is 3. The minimum atomic E-state index is 0.733. The average molecular weight is 185 g/mol. The van der Waals surface area contributed by atoms with E-state index in [2.05, 4.69) is 41.8 Å². The topological polar surface area (TPSA) is 4.93 Å². The fourth-order valence-electron chi connectivity index (χ4n) is 2.59. The van der Waals surface area contributed by atoms with Crippen LogP contribution in [-0.2, 0) is 6.54 Å². The highest BCUT2D eigenvalue weighted by atomic mass is 15.0. The summed E-state index contributed by atoms with van der Waals surface area (Å²) in [5, 5.41) is 1.40. The van der Waals surface area contributed by atoms with Crippen molar-refractivity contribution in [1.29, 1.82) is 0 Å². The summed E-state index contributed by atoms with van der Waals surface area (Å²) in [6.07, 6.45) is 2.67. The van der Waals surface area contributed by atoms with Crippen LogP contribution in [0.25, 0.3) is 10.9 Å². The van der Waals surface area contributed by atoms with Gasteiger partial charge in [-0.2, -0.15) is 0 Å². The van der Waals surface area contributed by atoms with E-state index in [4.69, 9.17) is 0 Å². The summed E-state index contributed by atoms with van der Waals surface area (Å²) in [5.41, 5.74) is 2.94. The molecule has 0 saturated carbocycles. The van der Waals surface area contributed by atoms with E-state index in [1.807, 2.05) is 0 Å². The Hall–Kier alpha value is -1.24. The molecular weight excluding hydrogens is 170 g/mol. The van der Waals surface area contributed by atoms with Gasteiger partial charge in [-0.25, -0.2) is 0 Å². The van der Waals surface area contributed by atoms with E-state index in [0.29, 0.717) is 0 Å². The second kappa shape index (κ2) is 2.88. The molecule has 72 valence electrons. The molecule has 0 spiro atoms. The van der Waals surface area contributed by atoms with E-state index in [0.717, 1.165) is 5.92 Å². The summed E-state index contributed by atoms with van der Waals surface area (Å²) in [4.78, 5) is 0. The molecule has 2 aromatic rings. The number of aryl methyl sites for hydroxylation is 1. The van der Waals surface area contributed by atoms with Gasteiger partial charge < -0.3 is 4.57 Å². The summed E-state index contributed by atoms with van der Waals surface area (Å²) < 4.78 is 2.49. The fraction of sp³-hybridized carbons (Fsp3) is 0.385. The maximum absolute atomic E-state index is 2.49. The Morgan fingerprint density at radius 3 is 3.07 bits per heavy atom. The molecular formula is C13H15N. The van der Waals surface area contributed by atoms with Gasteiger partial charge in [0, 0.05) is 17.8 Å². The monoisotopic (exact) mass is 185 g/mol. The van der Waals surface area contributed by atoms with E-state index < -0.39 is 0 Å². The van der Waals surface area contributed by atoms with Crippen LogP contribution in [-0.4, -0.2) is 4.57 Å². The third-order valence-corrected chi connectivity index (χ3v) is 3.37. The van der Waals surface area contributed by atoms with Crippen molar-refractivity contribution in [1.82, 2.24) is 4.57 Å². The Kier molecular flexibility index (Phi) is 1.66. The third-order valence-electron chi connectivity index (χ3n) is 3.37. The van der Waals surface area contributed by atoms with Gasteiger partial charge in [-0.1, -0.05) is 25.1 Å². The Morgan fingerprint density at radius 2 is 2.14 bits per heavy atom. The number of hydrogen-bond acceptors (Lipinski definition) is 0. The van der Waals surface area contributed by atoms with Crippen molar-refractivity contribution < 1.29 is 0 Å². The SMILES string of the molecule is CC1CCCn2c1cc1ccccc12. The fourth-order valence-corrected chi connectivity index (χ4v) is 2.59. The first-order valence-electron chi connectivity index (χ1n) is 5.44. The molecule has 0 N–H and O–H groups in total. The maximum Gasteiger partial charge on any atom is 0.0482 e. The minimum absolute atomic E-state index is 0.733. The quantitative estimate of drug-likeness (QED) is 0.591. The molecule has 1 unspecified atom stereocenters. The van der Waals surface area contributed by atoms with Crippen molar-refractivity contribution in [2.45, 2.75) is 32.2 Å². The lowest BCUT2D eigenvalue weighted by molar-refractivity contribution is 0.484. The van der Waals surface area contributed by atoms with Crippen LogP contribution < -0.4 is 0 Å². The van der Waals surface area contributed by atoms with Crippen molar-refractivity contribution in [3.8, 4) is 0 Å². The van der Waals surface area contributed by atoms with Crippen molar-refractivity contribution in [2.75, 3.05) is 0 Å². The van der Waals surface area contributed by atoms with E-state index >= 15 is 0 Å². The normalized spacial score (nSPS) is 21.1. The van der Waals surface area contributed by atoms with Crippen molar-refractivity contribution >= 4 is 10.9 Å². The zero-order valence-electron chi connectivity index (χ0n) is 8.53. The molecule has 1 nitrogen and oxygen atoms in total. The number of rotatable bonds is 0. The Labute approximate surface area is 84.4 Å². The molecule has 1 atom stereocenters. The van der Waals surface area contributed by atoms with Gasteiger partial charge in [0.25, 0.3) is 0 Å². The van der Waals surface area contributed by atoms with Crippen molar-refractivity contribution in [3.63, 3.8) is 0 Å². The predicted molar refractivity (Wildman–Crippen MR) is 59.6 cm³/mol. The largest absolute Gasteiger partial charge is 0.344 e. The van der Waals surface area contributed by atoms with Crippen molar-refractivity contribution in [2.24, 2.45) is 0 Å². The molecule has 1 aliphatic rings. The molecule has 1 aliphatic heterocycles. The molecule has 0 aliphatic carbocycles. The zero-order chi connectivity index (χ0) is 9.54. The van der Waals surface area contributed by atoms with Crippen LogP contribution in [0.1, 0.15) is 31.4 Å². The van der Waals surface area contributed by atoms with Crippen LogP contribution in [0.15, 0.2) is 30.3 Å². The Bertz CT molecular complexity index is 467. The maximum atomic E-state index is 2.49. The van der Waals surface area contributed by atoms with E-state index in [9.17, 15) is 0 Å². The predicted octanol–water partition coefficient (Wildman–Crippen LogP) is 3.54. The lowest BCUT2D eigenvalue weighted by atomic mass is 9.98. The zero-order valence-corrected chi connectivity index (χ0v) is 8.53. The number of para-hydroxylation sites is 1. The molecule has 1 heteroatoms. The van der Waals surface area contributed by atoms with Crippen LogP contribution in [0.3, 0.4) is 0 Å². The van der Waals surface area contributed by atoms with Gasteiger partial charge in [0.1, 0.15) is 0 Å². The van der Waals surface area contributed by atoms with Crippen molar-refractivity contribution in [3.05, 3.63) is 36.0 Å². The third kappa shape index (κ3) is 1.02. The molecule has 14 heavy (non-hydrogen) atoms. The highest BCUT2D eigenvalue weighted by Gasteiger charge is 2.18. The van der Waals surface area contributed by atoms with Gasteiger partial charge in [-0.3, -0.25) is 0 Å². The van der Waals surface area contributed by atoms with Crippen LogP contribution in [0.5, 0.6) is 0 Å². The first-order chi connectivity index (χ1) is 6.86. The van der Waals surface area contributed by atoms with Crippen LogP contribution >= 0.6 is 0 Å². The molecule has 0 saturated heterocycles. The van der Waals surface area contributed by atoms with Gasteiger partial charge in [0.05, 0.1) is 0 Å². The van der Waals surface area contributed by atoms with Crippen LogP contribution in [0.2, 0.25) is 0 Å². The first kappa shape index (κ1) is 8.10. The highest BCUT2D eigenvalue weighted by molar-refractivity contribution is 5.81. The summed E-state index contributed by atoms with van der Waals surface area (Å²) in [7, 11) is 0. The van der Waals surface area contributed by atoms with Crippen LogP contribution in [0.4, 0.5) is 0 Å². The van der Waals surface area contributed by atoms with Gasteiger partial charge >= 0.3 is 0 Å². The number of hydrogen-bond donors (Lipinski definition) is 0. The number of aromatic nitrogens is 1. The first-order valence-corrected chi connectivity index (χ1v) is 5.44. The van der Waals surface area contributed by atoms with E-state index in [1.54, 1.807) is 0 Å². The van der Waals surface area contributed by atoms with Gasteiger partial charge in [-0.05, 0) is 36.3 Å². The van der Waals surface area contributed by atoms with Gasteiger partial charge in [0.15, 0.2) is 0 Å². The van der Waals surface area contributed by atoms with Gasteiger partial charge in [-0.15, -0.1) is 0 Å². The molecule has 2 heterocycles. The molecule has 0 amide bonds. The number of benzene rings is 1. The second-order valence-corrected chi connectivity index (χ2v) is 4.32. The second-order valence-electron chi connectivity index (χ2n) is 4.32. The number of nitrogens with zero attached hydrogens (tertiary/aromatic N) is 1. The van der Waals surface area contributed by atoms with E-state index in [1.165, 1.54) is 36.0 Å². The Morgan fingerprint density at radius 1 is 1.29 bits per heavy atom. The highest BCUT2D eigenvalue weighted by Crippen LogP contribution is 2.32. The Balaban J connectivity index is 2.32. The molecule has 1 aromatic carbocycles. The van der Waals surface area contributed by atoms with E-state index in [-0.39, 0.29) is 0 Å². The minimum Gasteiger partial charge on any atom is -0.344 e. The van der Waals surface area contributed by atoms with Crippen LogP contribution in [0, 0.1) is 0 Å². The molecule has 0 radical (unpaired) electrons. The lowest BCUT2D eigenvalue weighted by Crippen LogP contribution is -2.12. The lowest BCUT2D eigenvalue weighted by Gasteiger charge is -2.21. The molecule has 0 bridgehead atoms. The summed E-state index contributed by atoms with van der Waals surface area (Å²) >= 11 is 0.